The van der Waals surface area contributed by atoms with Crippen molar-refractivity contribution in [2.75, 3.05) is 0 Å². The molecule has 0 unspecified atom stereocenters. The maximum Gasteiger partial charge on any atom is 0.326 e. The molecule has 21 nitrogen and oxygen atoms in total. The molecule has 0 spiro atoms. The highest BCUT2D eigenvalue weighted by Crippen LogP contribution is 2.23. The van der Waals surface area contributed by atoms with E-state index in [4.69, 9.17) is 11.5 Å². The Labute approximate surface area is 471 Å². The minimum Gasteiger partial charge on any atom is -0.508 e. The first-order valence-electron chi connectivity index (χ1n) is 27.0. The number of aromatic hydroxyl groups is 1. The molecule has 0 saturated carbocycles. The molecular formula is C61H67N11O10. The van der Waals surface area contributed by atoms with Crippen LogP contribution in [-0.2, 0) is 70.5 Å². The molecule has 3 aromatic heterocycles. The summed E-state index contributed by atoms with van der Waals surface area (Å²) in [5.74, 6) is -7.35. The number of nitrogens with one attached hydrogen (secondary N) is 9. The normalized spacial score (nSPS) is 14.0. The van der Waals surface area contributed by atoms with Gasteiger partial charge in [-0.25, -0.2) is 4.79 Å². The van der Waals surface area contributed by atoms with Crippen molar-refractivity contribution in [3.05, 3.63) is 174 Å². The SMILES string of the molecule is CC(C)[C@H](NC(=O)[C@@H](Cc1c[nH]c2ccccc12)NC(=O)[C@H](Cc1ccc(O)cc1)NC(=O)[C@@H](N)CCC(N)=O)C(=O)N[C@H](Cc1c[nH]c2ccccc12)C(=O)N[C@H](Cc1c[nH]c2ccccc12)C(=O)N[C@@H](Cc1ccccc1)C(=O)O. The van der Waals surface area contributed by atoms with Crippen molar-refractivity contribution in [3.8, 4) is 5.75 Å². The summed E-state index contributed by atoms with van der Waals surface area (Å²) in [5, 5.41) is 39.3. The zero-order chi connectivity index (χ0) is 58.5. The number of benzene rings is 5. The van der Waals surface area contributed by atoms with Gasteiger partial charge in [0.2, 0.25) is 41.4 Å². The second-order valence-corrected chi connectivity index (χ2v) is 20.7. The van der Waals surface area contributed by atoms with E-state index < -0.39 is 95.5 Å². The molecule has 8 rings (SSSR count). The lowest BCUT2D eigenvalue weighted by molar-refractivity contribution is -0.142. The molecule has 0 saturated heterocycles. The van der Waals surface area contributed by atoms with Gasteiger partial charge in [0.15, 0.2) is 0 Å². The van der Waals surface area contributed by atoms with Gasteiger partial charge in [0.05, 0.1) is 6.04 Å². The highest BCUT2D eigenvalue weighted by molar-refractivity contribution is 5.99. The third kappa shape index (κ3) is 15.1. The molecule has 7 atom stereocenters. The minimum absolute atomic E-state index is 0.0368. The first kappa shape index (κ1) is 58.4. The number of carbonyl (C=O) groups is 8. The molecule has 7 amide bonds. The van der Waals surface area contributed by atoms with Crippen LogP contribution in [0.4, 0.5) is 0 Å². The van der Waals surface area contributed by atoms with Gasteiger partial charge in [0.25, 0.3) is 0 Å². The number of aromatic amines is 3. The lowest BCUT2D eigenvalue weighted by atomic mass is 9.98. The monoisotopic (exact) mass is 1110 g/mol. The highest BCUT2D eigenvalue weighted by Gasteiger charge is 2.36. The van der Waals surface area contributed by atoms with Crippen molar-refractivity contribution in [2.45, 2.75) is 101 Å². The van der Waals surface area contributed by atoms with Crippen LogP contribution < -0.4 is 43.4 Å². The Hall–Kier alpha value is -9.76. The third-order valence-corrected chi connectivity index (χ3v) is 14.4. The highest BCUT2D eigenvalue weighted by atomic mass is 16.4. The van der Waals surface area contributed by atoms with E-state index in [0.717, 1.165) is 32.7 Å². The Balaban J connectivity index is 1.08. The predicted octanol–water partition coefficient (Wildman–Crippen LogP) is 3.59. The maximum absolute atomic E-state index is 15.0. The summed E-state index contributed by atoms with van der Waals surface area (Å²) in [6, 6.07) is 27.3. The molecule has 0 aliphatic carbocycles. The number of carbonyl (C=O) groups excluding carboxylic acids is 7. The number of hydrogen-bond donors (Lipinski definition) is 13. The van der Waals surface area contributed by atoms with Crippen LogP contribution in [0.2, 0.25) is 0 Å². The number of para-hydroxylation sites is 3. The summed E-state index contributed by atoms with van der Waals surface area (Å²) in [4.78, 5) is 121. The molecule has 21 heteroatoms. The van der Waals surface area contributed by atoms with Crippen molar-refractivity contribution in [1.29, 1.82) is 0 Å². The van der Waals surface area contributed by atoms with E-state index in [0.29, 0.717) is 27.8 Å². The first-order chi connectivity index (χ1) is 39.4. The number of aromatic nitrogens is 3. The quantitative estimate of drug-likeness (QED) is 0.0353. The molecule has 15 N–H and O–H groups in total. The van der Waals surface area contributed by atoms with Crippen LogP contribution in [0.15, 0.2) is 146 Å². The Morgan fingerprint density at radius 3 is 1.26 bits per heavy atom. The number of amides is 7. The van der Waals surface area contributed by atoms with Crippen molar-refractivity contribution in [3.63, 3.8) is 0 Å². The second-order valence-electron chi connectivity index (χ2n) is 20.7. The van der Waals surface area contributed by atoms with Gasteiger partial charge in [-0.05, 0) is 70.5 Å². The molecule has 0 fully saturated rings. The Morgan fingerprint density at radius 1 is 0.451 bits per heavy atom. The van der Waals surface area contributed by atoms with E-state index in [1.54, 1.807) is 74.9 Å². The number of rotatable bonds is 27. The summed E-state index contributed by atoms with van der Waals surface area (Å²) < 4.78 is 0. The number of aliphatic carboxylic acids is 1. The number of H-pyrrole nitrogens is 3. The van der Waals surface area contributed by atoms with E-state index >= 15 is 4.79 Å². The number of nitrogens with two attached hydrogens (primary N) is 2. The van der Waals surface area contributed by atoms with Crippen LogP contribution in [0, 0.1) is 5.92 Å². The van der Waals surface area contributed by atoms with E-state index in [9.17, 15) is 43.8 Å². The van der Waals surface area contributed by atoms with E-state index in [1.165, 1.54) is 12.1 Å². The van der Waals surface area contributed by atoms with Crippen molar-refractivity contribution in [2.24, 2.45) is 17.4 Å². The zero-order valence-electron chi connectivity index (χ0n) is 45.2. The Bertz CT molecular complexity index is 3570. The molecule has 0 aliphatic heterocycles. The summed E-state index contributed by atoms with van der Waals surface area (Å²) in [6.45, 7) is 3.38. The average molecular weight is 1110 g/mol. The second kappa shape index (κ2) is 26.9. The third-order valence-electron chi connectivity index (χ3n) is 14.4. The van der Waals surface area contributed by atoms with Gasteiger partial charge in [-0.15, -0.1) is 0 Å². The zero-order valence-corrected chi connectivity index (χ0v) is 45.2. The molecule has 82 heavy (non-hydrogen) atoms. The number of hydrogen-bond acceptors (Lipinski definition) is 10. The lowest BCUT2D eigenvalue weighted by Gasteiger charge is -2.29. The van der Waals surface area contributed by atoms with Crippen LogP contribution in [-0.4, -0.2) is 115 Å². The summed E-state index contributed by atoms with van der Waals surface area (Å²) in [7, 11) is 0. The van der Waals surface area contributed by atoms with E-state index in [1.807, 2.05) is 72.8 Å². The minimum atomic E-state index is -1.40. The standard InChI is InChI=1S/C61H67N11O10/c1-34(2)54(72-59(79)51(30-39-33-66-47-19-11-8-16-43(39)47)69-56(76)48(26-36-20-22-40(73)23-21-36)67-55(75)44(62)24-25-53(63)74)60(80)70-50(29-38-32-65-46-18-10-7-15-42(38)46)57(77)68-49(28-37-31-64-45-17-9-6-14-41(37)45)58(78)71-52(61(81)82)27-35-12-4-3-5-13-35/h3-23,31-34,44,48-52,54,64-66,73H,24-30,62H2,1-2H3,(H2,63,74)(H,67,75)(H,68,77)(H,69,76)(H,70,80)(H,71,78)(H,72,79)(H,81,82)/t44-,48-,49+,50+,51+,52-,54-/m0/s1. The number of fused-ring (bicyclic) bond motifs is 3. The number of phenols is 1. The van der Waals surface area contributed by atoms with Gasteiger partial charge < -0.3 is 68.5 Å². The molecule has 0 bridgehead atoms. The number of carboxylic acids is 1. The summed E-state index contributed by atoms with van der Waals surface area (Å²) in [5.41, 5.74) is 16.8. The topological polar surface area (TPSA) is 349 Å². The number of carboxylic acid groups (broad SMARTS) is 1. The van der Waals surface area contributed by atoms with Crippen LogP contribution in [0.25, 0.3) is 32.7 Å². The number of primary amides is 1. The fourth-order valence-corrected chi connectivity index (χ4v) is 9.89. The predicted molar refractivity (Wildman–Crippen MR) is 308 cm³/mol. The van der Waals surface area contributed by atoms with Gasteiger partial charge in [-0.1, -0.05) is 111 Å². The summed E-state index contributed by atoms with van der Waals surface area (Å²) >= 11 is 0. The van der Waals surface area contributed by atoms with Gasteiger partial charge in [-0.2, -0.15) is 0 Å². The van der Waals surface area contributed by atoms with Crippen LogP contribution in [0.1, 0.15) is 54.5 Å². The van der Waals surface area contributed by atoms with Gasteiger partial charge in [-0.3, -0.25) is 33.6 Å². The van der Waals surface area contributed by atoms with Gasteiger partial charge >= 0.3 is 5.97 Å². The maximum atomic E-state index is 15.0. The van der Waals surface area contributed by atoms with Crippen molar-refractivity contribution < 1.29 is 48.6 Å². The fraction of sp³-hybridized carbons (Fsp3) is 0.279. The summed E-state index contributed by atoms with van der Waals surface area (Å²) in [6.07, 6.45) is 4.37. The lowest BCUT2D eigenvalue weighted by Crippen LogP contribution is -2.61. The molecule has 426 valence electrons. The number of phenolic OH excluding ortho intramolecular Hbond substituents is 1. The van der Waals surface area contributed by atoms with Crippen LogP contribution >= 0.6 is 0 Å². The van der Waals surface area contributed by atoms with E-state index in [-0.39, 0.29) is 50.7 Å². The Morgan fingerprint density at radius 2 is 0.817 bits per heavy atom. The molecular weight excluding hydrogens is 1050 g/mol. The molecule has 8 aromatic rings. The van der Waals surface area contributed by atoms with Gasteiger partial charge in [0, 0.05) is 89.8 Å². The average Bonchev–Trinajstić information content (AvgIpc) is 4.33. The molecule has 0 aliphatic rings. The molecule has 0 radical (unpaired) electrons. The fourth-order valence-electron chi connectivity index (χ4n) is 9.89. The smallest absolute Gasteiger partial charge is 0.326 e. The van der Waals surface area contributed by atoms with Crippen LogP contribution in [0.5, 0.6) is 5.75 Å². The largest absolute Gasteiger partial charge is 0.508 e. The first-order valence-corrected chi connectivity index (χ1v) is 27.0. The van der Waals surface area contributed by atoms with E-state index in [2.05, 4.69) is 46.9 Å². The van der Waals surface area contributed by atoms with Crippen molar-refractivity contribution >= 4 is 80.0 Å². The molecule has 3 heterocycles. The van der Waals surface area contributed by atoms with Crippen LogP contribution in [0.3, 0.4) is 0 Å². The molecule has 5 aromatic carbocycles. The van der Waals surface area contributed by atoms with Crippen molar-refractivity contribution in [1.82, 2.24) is 46.9 Å². The Kier molecular flexibility index (Phi) is 19.2. The van der Waals surface area contributed by atoms with Gasteiger partial charge in [0.1, 0.15) is 42.0 Å².